The van der Waals surface area contributed by atoms with Gasteiger partial charge in [0, 0.05) is 33.7 Å². The van der Waals surface area contributed by atoms with Crippen LogP contribution in [0.1, 0.15) is 28.3 Å². The van der Waals surface area contributed by atoms with Crippen LogP contribution in [0.5, 0.6) is 0 Å². The van der Waals surface area contributed by atoms with Crippen LogP contribution in [0, 0.1) is 11.8 Å². The van der Waals surface area contributed by atoms with Gasteiger partial charge in [-0.2, -0.15) is 0 Å². The Bertz CT molecular complexity index is 1650. The SMILES string of the molecule is NC(=O)C1=C(O)[C@@H](N)[C@@H]2C[C@H]3C(=C(O)[C@]2(O)C1=O)C(=O)c1c(c(N)cc2ncoc12)[C@@H]3CSc1ccccc1. The number of primary amides is 1. The van der Waals surface area contributed by atoms with E-state index < -0.39 is 64.0 Å². The van der Waals surface area contributed by atoms with E-state index >= 15 is 0 Å². The summed E-state index contributed by atoms with van der Waals surface area (Å²) in [5.74, 6) is -7.08. The topological polar surface area (TPSA) is 216 Å². The lowest BCUT2D eigenvalue weighted by molar-refractivity contribution is -0.145. The third-order valence-corrected chi connectivity index (χ3v) is 9.18. The highest BCUT2D eigenvalue weighted by molar-refractivity contribution is 7.99. The molecule has 0 unspecified atom stereocenters. The monoisotopic (exact) mass is 548 g/mol. The van der Waals surface area contributed by atoms with E-state index in [2.05, 4.69) is 4.98 Å². The molecule has 6 rings (SSSR count). The van der Waals surface area contributed by atoms with Gasteiger partial charge >= 0.3 is 0 Å². The van der Waals surface area contributed by atoms with E-state index in [0.29, 0.717) is 22.5 Å². The van der Waals surface area contributed by atoms with Crippen LogP contribution in [0.25, 0.3) is 11.1 Å². The summed E-state index contributed by atoms with van der Waals surface area (Å²) in [5, 5.41) is 33.8. The van der Waals surface area contributed by atoms with Crippen LogP contribution in [-0.2, 0) is 9.59 Å². The van der Waals surface area contributed by atoms with E-state index in [1.165, 1.54) is 18.2 Å². The van der Waals surface area contributed by atoms with Crippen LogP contribution in [-0.4, -0.2) is 55.2 Å². The van der Waals surface area contributed by atoms with Crippen molar-refractivity contribution >= 4 is 46.0 Å². The first-order valence-electron chi connectivity index (χ1n) is 12.1. The number of Topliss-reactive ketones (excluding diaryl/α,β-unsaturated/α-hetero) is 2. The van der Waals surface area contributed by atoms with Gasteiger partial charge in [0.15, 0.2) is 23.4 Å². The first-order valence-corrected chi connectivity index (χ1v) is 13.1. The number of fused-ring (bicyclic) bond motifs is 5. The highest BCUT2D eigenvalue weighted by atomic mass is 32.2. The molecule has 3 aliphatic rings. The van der Waals surface area contributed by atoms with E-state index in [1.54, 1.807) is 6.07 Å². The lowest BCUT2D eigenvalue weighted by Gasteiger charge is -2.49. The van der Waals surface area contributed by atoms with Gasteiger partial charge in [0.05, 0.1) is 11.6 Å². The van der Waals surface area contributed by atoms with Crippen molar-refractivity contribution in [3.63, 3.8) is 0 Å². The summed E-state index contributed by atoms with van der Waals surface area (Å²) in [7, 11) is 0. The number of hydrogen-bond acceptors (Lipinski definition) is 11. The molecule has 1 aromatic heterocycles. The molecular formula is C27H24N4O7S. The van der Waals surface area contributed by atoms with Gasteiger partial charge in [0.2, 0.25) is 5.78 Å². The van der Waals surface area contributed by atoms with Crippen LogP contribution in [0.15, 0.2) is 74.8 Å². The van der Waals surface area contributed by atoms with E-state index in [0.717, 1.165) is 4.90 Å². The summed E-state index contributed by atoms with van der Waals surface area (Å²) in [6.45, 7) is 0. The number of aromatic nitrogens is 1. The van der Waals surface area contributed by atoms with E-state index in [9.17, 15) is 29.7 Å². The predicted molar refractivity (Wildman–Crippen MR) is 141 cm³/mol. The number of oxazole rings is 1. The molecule has 0 radical (unpaired) electrons. The number of benzene rings is 2. The quantitative estimate of drug-likeness (QED) is 0.157. The van der Waals surface area contributed by atoms with Crippen molar-refractivity contribution in [3.05, 3.63) is 76.6 Å². The average molecular weight is 549 g/mol. The van der Waals surface area contributed by atoms with E-state index in [1.807, 2.05) is 30.3 Å². The Hall–Kier alpha value is -4.13. The molecule has 1 heterocycles. The molecule has 9 N–H and O–H groups in total. The molecule has 0 spiro atoms. The summed E-state index contributed by atoms with van der Waals surface area (Å²) in [6.07, 6.45) is 1.10. The number of carbonyl (C=O) groups excluding carboxylic acids is 3. The molecule has 0 saturated carbocycles. The van der Waals surface area contributed by atoms with Gasteiger partial charge in [-0.25, -0.2) is 4.98 Å². The minimum Gasteiger partial charge on any atom is -0.510 e. The van der Waals surface area contributed by atoms with Crippen LogP contribution in [0.2, 0.25) is 0 Å². The Morgan fingerprint density at radius 1 is 1.21 bits per heavy atom. The van der Waals surface area contributed by atoms with Crippen molar-refractivity contribution in [2.45, 2.75) is 28.9 Å². The third kappa shape index (κ3) is 3.38. The van der Waals surface area contributed by atoms with Gasteiger partial charge in [-0.1, -0.05) is 18.2 Å². The molecule has 2 aromatic carbocycles. The smallest absolute Gasteiger partial charge is 0.255 e. The third-order valence-electron chi connectivity index (χ3n) is 8.05. The normalized spacial score (nSPS) is 28.4. The van der Waals surface area contributed by atoms with Crippen LogP contribution < -0.4 is 17.2 Å². The molecule has 3 aromatic rings. The zero-order valence-electron chi connectivity index (χ0n) is 20.3. The highest BCUT2D eigenvalue weighted by Gasteiger charge is 2.63. The van der Waals surface area contributed by atoms with Crippen LogP contribution >= 0.6 is 11.8 Å². The number of hydrogen-bond donors (Lipinski definition) is 6. The Balaban J connectivity index is 1.58. The molecular weight excluding hydrogens is 524 g/mol. The number of carbonyl (C=O) groups is 3. The minimum absolute atomic E-state index is 0.0714. The average Bonchev–Trinajstić information content (AvgIpc) is 3.37. The summed E-state index contributed by atoms with van der Waals surface area (Å²) in [4.78, 5) is 44.5. The van der Waals surface area contributed by atoms with Gasteiger partial charge in [-0.15, -0.1) is 11.8 Å². The first-order chi connectivity index (χ1) is 18.6. The van der Waals surface area contributed by atoms with Crippen molar-refractivity contribution in [2.75, 3.05) is 11.5 Å². The van der Waals surface area contributed by atoms with Gasteiger partial charge in [0.1, 0.15) is 22.6 Å². The molecule has 0 fully saturated rings. The number of ketones is 2. The second kappa shape index (κ2) is 8.70. The number of aliphatic hydroxyl groups excluding tert-OH is 2. The van der Waals surface area contributed by atoms with Crippen molar-refractivity contribution < 1.29 is 34.1 Å². The Morgan fingerprint density at radius 3 is 2.62 bits per heavy atom. The van der Waals surface area contributed by atoms with Crippen LogP contribution in [0.3, 0.4) is 0 Å². The summed E-state index contributed by atoms with van der Waals surface area (Å²) < 4.78 is 5.55. The van der Waals surface area contributed by atoms with Gasteiger partial charge in [0.25, 0.3) is 5.91 Å². The van der Waals surface area contributed by atoms with Gasteiger partial charge in [-0.3, -0.25) is 14.4 Å². The minimum atomic E-state index is -2.74. The molecule has 5 atom stereocenters. The Labute approximate surface area is 225 Å². The van der Waals surface area contributed by atoms with Crippen molar-refractivity contribution in [1.82, 2.24) is 4.98 Å². The number of nitrogens with two attached hydrogens (primary N) is 3. The maximum Gasteiger partial charge on any atom is 0.255 e. The molecule has 12 heteroatoms. The van der Waals surface area contributed by atoms with Crippen molar-refractivity contribution in [3.8, 4) is 0 Å². The summed E-state index contributed by atoms with van der Waals surface area (Å²) in [6, 6.07) is 9.74. The summed E-state index contributed by atoms with van der Waals surface area (Å²) >= 11 is 1.50. The molecule has 1 amide bonds. The summed E-state index contributed by atoms with van der Waals surface area (Å²) in [5.41, 5.74) is 15.5. The first kappa shape index (κ1) is 25.2. The number of nitrogen functional groups attached to an aromatic ring is 1. The molecule has 0 saturated heterocycles. The maximum atomic E-state index is 14.1. The van der Waals surface area contributed by atoms with Gasteiger partial charge < -0.3 is 36.9 Å². The molecule has 200 valence electrons. The zero-order valence-corrected chi connectivity index (χ0v) is 21.1. The number of thioether (sulfide) groups is 1. The fourth-order valence-corrected chi connectivity index (χ4v) is 7.36. The second-order valence-corrected chi connectivity index (χ2v) is 11.1. The molecule has 39 heavy (non-hydrogen) atoms. The molecule has 11 nitrogen and oxygen atoms in total. The number of nitrogens with zero attached hydrogens (tertiary/aromatic N) is 1. The molecule has 0 bridgehead atoms. The second-order valence-electron chi connectivity index (χ2n) is 9.97. The Morgan fingerprint density at radius 2 is 1.92 bits per heavy atom. The van der Waals surface area contributed by atoms with E-state index in [4.69, 9.17) is 21.6 Å². The fourth-order valence-electron chi connectivity index (χ4n) is 6.24. The standard InChI is InChI=1S/C27H24N4O7S/c28-14-7-15-23(38-9-31-15)18-16(14)12(8-39-10-4-2-1-3-5-10)11-6-13-20(29)22(33)19(26(30)36)25(35)27(13,37)24(34)17(11)21(18)32/h1-5,7,9,11-13,20,33-34,37H,6,8,28-29H2,(H2,30,36)/t11-,12-,13+,20+,27+/m1/s1. The lowest BCUT2D eigenvalue weighted by Crippen LogP contribution is -2.63. The van der Waals surface area contributed by atoms with Crippen molar-refractivity contribution in [2.24, 2.45) is 23.3 Å². The van der Waals surface area contributed by atoms with Gasteiger partial charge in [-0.05, 0) is 36.1 Å². The lowest BCUT2D eigenvalue weighted by atomic mass is 9.56. The largest absolute Gasteiger partial charge is 0.510 e. The molecule has 0 aliphatic heterocycles. The molecule has 3 aliphatic carbocycles. The van der Waals surface area contributed by atoms with Crippen LogP contribution in [0.4, 0.5) is 5.69 Å². The number of aliphatic hydroxyl groups is 3. The van der Waals surface area contributed by atoms with Crippen molar-refractivity contribution in [1.29, 1.82) is 0 Å². The Kier molecular flexibility index (Phi) is 5.61. The number of rotatable bonds is 4. The van der Waals surface area contributed by atoms with E-state index in [-0.39, 0.29) is 23.1 Å². The maximum absolute atomic E-state index is 14.1. The fraction of sp³-hybridized carbons (Fsp3) is 0.259. The predicted octanol–water partition coefficient (Wildman–Crippen LogP) is 1.87. The highest BCUT2D eigenvalue weighted by Crippen LogP contribution is 2.56. The number of allylic oxidation sites excluding steroid dienone is 1. The zero-order chi connectivity index (χ0) is 27.8. The number of anilines is 1. The number of amides is 1.